The molecule has 0 unspecified atom stereocenters. The van der Waals surface area contributed by atoms with Crippen LogP contribution in [0.5, 0.6) is 0 Å². The molecule has 0 saturated heterocycles. The highest BCUT2D eigenvalue weighted by molar-refractivity contribution is 7.95. The fraction of sp³-hybridized carbons (Fsp3) is 0.0500. The number of aryl methyl sites for hydroxylation is 1. The number of sulfonamides is 1. The maximum Gasteiger partial charge on any atom is 0.292 e. The molecule has 3 nitrogen and oxygen atoms in total. The summed E-state index contributed by atoms with van der Waals surface area (Å²) < 4.78 is 29.0. The highest BCUT2D eigenvalue weighted by Gasteiger charge is 2.23. The van der Waals surface area contributed by atoms with Gasteiger partial charge >= 0.3 is 0 Å². The van der Waals surface area contributed by atoms with Crippen molar-refractivity contribution in [3.63, 3.8) is 0 Å². The first-order chi connectivity index (χ1) is 12.1. The van der Waals surface area contributed by atoms with E-state index in [-0.39, 0.29) is 4.90 Å². The summed E-state index contributed by atoms with van der Waals surface area (Å²) >= 11 is 1.03. The Hall–Kier alpha value is -2.50. The van der Waals surface area contributed by atoms with Crippen LogP contribution in [0.4, 0.5) is 0 Å². The molecule has 0 fully saturated rings. The van der Waals surface area contributed by atoms with E-state index in [1.807, 2.05) is 43.3 Å². The van der Waals surface area contributed by atoms with Crippen molar-refractivity contribution in [3.05, 3.63) is 89.5 Å². The van der Waals surface area contributed by atoms with Crippen molar-refractivity contribution in [2.75, 3.05) is 0 Å². The number of hydrogen-bond acceptors (Lipinski definition) is 2. The van der Waals surface area contributed by atoms with E-state index in [1.54, 1.807) is 24.3 Å². The summed E-state index contributed by atoms with van der Waals surface area (Å²) in [6, 6.07) is 22.8. The lowest BCUT2D eigenvalue weighted by Crippen LogP contribution is -2.00. The van der Waals surface area contributed by atoms with Gasteiger partial charge in [-0.3, -0.25) is 0 Å². The third-order valence-corrected chi connectivity index (χ3v) is 6.75. The zero-order valence-corrected chi connectivity index (χ0v) is 15.1. The average Bonchev–Trinajstić information content (AvgIpc) is 2.94. The maximum absolute atomic E-state index is 12.5. The largest absolute Gasteiger partial charge is 0.292 e. The Kier molecular flexibility index (Phi) is 3.90. The third-order valence-electron chi connectivity index (χ3n) is 4.18. The smallest absolute Gasteiger partial charge is 0.198 e. The van der Waals surface area contributed by atoms with Gasteiger partial charge in [0.1, 0.15) is 0 Å². The van der Waals surface area contributed by atoms with Gasteiger partial charge in [0.2, 0.25) is 0 Å². The first-order valence-corrected chi connectivity index (χ1v) is 10.0. The van der Waals surface area contributed by atoms with Gasteiger partial charge in [0.05, 0.1) is 9.76 Å². The molecule has 124 valence electrons. The molecule has 0 bridgehead atoms. The molecule has 0 spiro atoms. The Morgan fingerprint density at radius 3 is 1.72 bits per heavy atom. The predicted octanol–water partition coefficient (Wildman–Crippen LogP) is 4.20. The molecule has 0 saturated carbocycles. The standard InChI is InChI=1S/C20H15NO2S2/c1-14-10-12-15(13-11-14)25(22,23)21-24-20-18-8-4-2-6-16(18)17-7-3-5-9-19(17)20/h2-13H,1H3. The molecule has 0 aliphatic heterocycles. The molecule has 0 N–H and O–H groups in total. The molecule has 0 amide bonds. The first kappa shape index (κ1) is 16.0. The van der Waals surface area contributed by atoms with Crippen molar-refractivity contribution in [3.8, 4) is 11.1 Å². The van der Waals surface area contributed by atoms with E-state index in [0.29, 0.717) is 0 Å². The van der Waals surface area contributed by atoms with E-state index in [9.17, 15) is 8.42 Å². The van der Waals surface area contributed by atoms with Crippen molar-refractivity contribution in [1.29, 1.82) is 0 Å². The number of benzene rings is 3. The molecule has 1 aliphatic carbocycles. The van der Waals surface area contributed by atoms with Crippen LogP contribution in [0.2, 0.25) is 0 Å². The zero-order chi connectivity index (χ0) is 17.4. The monoisotopic (exact) mass is 365 g/mol. The second-order valence-corrected chi connectivity index (χ2v) is 8.48. The van der Waals surface area contributed by atoms with Gasteiger partial charge in [-0.05, 0) is 41.3 Å². The highest BCUT2D eigenvalue weighted by Crippen LogP contribution is 2.36. The molecule has 1 aliphatic rings. The second-order valence-electron chi connectivity index (χ2n) is 5.87. The quantitative estimate of drug-likeness (QED) is 0.500. The van der Waals surface area contributed by atoms with Gasteiger partial charge in [0.15, 0.2) is 0 Å². The molecule has 5 heteroatoms. The maximum atomic E-state index is 12.5. The van der Waals surface area contributed by atoms with Gasteiger partial charge in [-0.25, -0.2) is 0 Å². The SMILES string of the molecule is Cc1ccc(S(=O)(=O)N=S=C2c3ccccc3-c3ccccc32)cc1. The van der Waals surface area contributed by atoms with Crippen LogP contribution >= 0.6 is 0 Å². The number of fused-ring (bicyclic) bond motifs is 3. The van der Waals surface area contributed by atoms with Crippen molar-refractivity contribution < 1.29 is 8.42 Å². The van der Waals surface area contributed by atoms with E-state index in [2.05, 4.69) is 15.9 Å². The van der Waals surface area contributed by atoms with Crippen LogP contribution in [0, 0.1) is 6.92 Å². The molecule has 25 heavy (non-hydrogen) atoms. The van der Waals surface area contributed by atoms with Crippen LogP contribution in [-0.2, 0) is 21.2 Å². The highest BCUT2D eigenvalue weighted by atomic mass is 32.2. The second kappa shape index (κ2) is 6.10. The van der Waals surface area contributed by atoms with E-state index in [1.165, 1.54) is 0 Å². The zero-order valence-electron chi connectivity index (χ0n) is 13.5. The summed E-state index contributed by atoms with van der Waals surface area (Å²) in [6.45, 7) is 1.92. The van der Waals surface area contributed by atoms with Crippen LogP contribution in [0.15, 0.2) is 81.5 Å². The average molecular weight is 365 g/mol. The fourth-order valence-electron chi connectivity index (χ4n) is 2.92. The Labute approximate surface area is 150 Å². The van der Waals surface area contributed by atoms with Crippen LogP contribution in [0.1, 0.15) is 16.7 Å². The lowest BCUT2D eigenvalue weighted by molar-refractivity contribution is 0.598. The lowest BCUT2D eigenvalue weighted by atomic mass is 10.1. The summed E-state index contributed by atoms with van der Waals surface area (Å²) in [4.78, 5) is 1.09. The predicted molar refractivity (Wildman–Crippen MR) is 103 cm³/mol. The van der Waals surface area contributed by atoms with E-state index >= 15 is 0 Å². The Morgan fingerprint density at radius 2 is 1.20 bits per heavy atom. The van der Waals surface area contributed by atoms with E-state index in [4.69, 9.17) is 0 Å². The summed E-state index contributed by atoms with van der Waals surface area (Å²) in [5.41, 5.74) is 5.29. The van der Waals surface area contributed by atoms with Gasteiger partial charge in [-0.2, -0.15) is 8.42 Å². The van der Waals surface area contributed by atoms with Gasteiger partial charge in [0.25, 0.3) is 10.0 Å². The third kappa shape index (κ3) is 2.86. The molecule has 0 atom stereocenters. The molecule has 0 radical (unpaired) electrons. The number of hydrogen-bond donors (Lipinski definition) is 0. The van der Waals surface area contributed by atoms with Crippen molar-refractivity contribution >= 4 is 26.0 Å². The van der Waals surface area contributed by atoms with Gasteiger partial charge in [-0.15, -0.1) is 0 Å². The van der Waals surface area contributed by atoms with Crippen molar-refractivity contribution in [2.45, 2.75) is 11.8 Å². The number of nitrogens with zero attached hydrogens (tertiary/aromatic N) is 1. The molecule has 4 rings (SSSR count). The van der Waals surface area contributed by atoms with Gasteiger partial charge in [0, 0.05) is 11.1 Å². The molecule has 3 aromatic rings. The minimum Gasteiger partial charge on any atom is -0.198 e. The normalized spacial score (nSPS) is 12.4. The molecule has 0 aromatic heterocycles. The van der Waals surface area contributed by atoms with Crippen LogP contribution in [-0.4, -0.2) is 13.3 Å². The summed E-state index contributed by atoms with van der Waals surface area (Å²) in [6.07, 6.45) is 0. The molecule has 0 heterocycles. The van der Waals surface area contributed by atoms with Crippen LogP contribution in [0.25, 0.3) is 11.1 Å². The van der Waals surface area contributed by atoms with Crippen molar-refractivity contribution in [1.82, 2.24) is 0 Å². The summed E-state index contributed by atoms with van der Waals surface area (Å²) in [7, 11) is -3.70. The van der Waals surface area contributed by atoms with Gasteiger partial charge in [-0.1, -0.05) is 70.0 Å². The van der Waals surface area contributed by atoms with Gasteiger partial charge < -0.3 is 0 Å². The van der Waals surface area contributed by atoms with Crippen LogP contribution in [0.3, 0.4) is 0 Å². The molecular formula is C20H15NO2S2. The van der Waals surface area contributed by atoms with Crippen LogP contribution < -0.4 is 0 Å². The molecule has 3 aromatic carbocycles. The fourth-order valence-corrected chi connectivity index (χ4v) is 4.98. The molecular weight excluding hydrogens is 350 g/mol. The minimum absolute atomic E-state index is 0.214. The Morgan fingerprint density at radius 1 is 0.720 bits per heavy atom. The summed E-state index contributed by atoms with van der Waals surface area (Å²) in [5.74, 6) is 0. The Balaban J connectivity index is 1.89. The topological polar surface area (TPSA) is 46.5 Å². The number of rotatable bonds is 2. The minimum atomic E-state index is -3.70. The van der Waals surface area contributed by atoms with E-state index in [0.717, 1.165) is 43.8 Å². The summed E-state index contributed by atoms with van der Waals surface area (Å²) in [5, 5.41) is 0. The Bertz CT molecular complexity index is 1090. The first-order valence-electron chi connectivity index (χ1n) is 7.83. The van der Waals surface area contributed by atoms with Crippen molar-refractivity contribution in [2.24, 2.45) is 3.77 Å². The lowest BCUT2D eigenvalue weighted by Gasteiger charge is -1.99. The van der Waals surface area contributed by atoms with E-state index < -0.39 is 10.0 Å².